The van der Waals surface area contributed by atoms with Crippen molar-refractivity contribution < 1.29 is 4.79 Å². The van der Waals surface area contributed by atoms with E-state index in [2.05, 4.69) is 6.58 Å². The zero-order valence-corrected chi connectivity index (χ0v) is 6.95. The van der Waals surface area contributed by atoms with Gasteiger partial charge in [-0.15, -0.1) is 0 Å². The number of carbonyl (C=O) groups is 1. The first-order valence-electron chi connectivity index (χ1n) is 3.39. The molecule has 0 aliphatic rings. The van der Waals surface area contributed by atoms with Crippen LogP contribution < -0.4 is 0 Å². The Kier molecular flexibility index (Phi) is 4.82. The van der Waals surface area contributed by atoms with Crippen molar-refractivity contribution in [3.8, 4) is 0 Å². The van der Waals surface area contributed by atoms with Crippen molar-refractivity contribution in [1.29, 1.82) is 0 Å². The summed E-state index contributed by atoms with van der Waals surface area (Å²) in [5.41, 5.74) is 0.831. The Bertz CT molecular complexity index is 192. The predicted molar refractivity (Wildman–Crippen MR) is 46.9 cm³/mol. The lowest BCUT2D eigenvalue weighted by Gasteiger charge is -2.10. The Hall–Kier alpha value is -1.31. The van der Waals surface area contributed by atoms with Crippen LogP contribution >= 0.6 is 0 Å². The molecule has 0 unspecified atom stereocenters. The average molecular weight is 151 g/mol. The molecule has 2 heteroatoms. The summed E-state index contributed by atoms with van der Waals surface area (Å²) in [6, 6.07) is 0. The standard InChI is InChI=1S/C9H13NO/c1-4-6-9(7-5-2)10(3)8-11/h4-8H,1H2,2-3H3/b7-5-,9-6+. The maximum atomic E-state index is 10.3. The Labute approximate surface area is 67.5 Å². The van der Waals surface area contributed by atoms with E-state index in [1.165, 1.54) is 4.90 Å². The summed E-state index contributed by atoms with van der Waals surface area (Å²) < 4.78 is 0. The maximum Gasteiger partial charge on any atom is 0.213 e. The molecule has 0 aromatic carbocycles. The molecule has 0 fully saturated rings. The summed E-state index contributed by atoms with van der Waals surface area (Å²) in [5, 5.41) is 0. The second-order valence-electron chi connectivity index (χ2n) is 2.04. The van der Waals surface area contributed by atoms with Crippen LogP contribution in [0.15, 0.2) is 36.6 Å². The quantitative estimate of drug-likeness (QED) is 0.442. The lowest BCUT2D eigenvalue weighted by Crippen LogP contribution is -2.13. The van der Waals surface area contributed by atoms with Gasteiger partial charge in [-0.3, -0.25) is 4.79 Å². The second kappa shape index (κ2) is 5.47. The molecule has 0 atom stereocenters. The van der Waals surface area contributed by atoms with Crippen molar-refractivity contribution in [3.63, 3.8) is 0 Å². The van der Waals surface area contributed by atoms with E-state index >= 15 is 0 Å². The van der Waals surface area contributed by atoms with Crippen LogP contribution in [0.2, 0.25) is 0 Å². The van der Waals surface area contributed by atoms with Gasteiger partial charge < -0.3 is 4.90 Å². The molecule has 0 radical (unpaired) electrons. The number of hydrogen-bond acceptors (Lipinski definition) is 1. The van der Waals surface area contributed by atoms with Crippen molar-refractivity contribution >= 4 is 6.41 Å². The van der Waals surface area contributed by atoms with E-state index in [0.717, 1.165) is 12.1 Å². The normalized spacial score (nSPS) is 11.6. The highest BCUT2D eigenvalue weighted by Gasteiger charge is 1.94. The largest absolute Gasteiger partial charge is 0.318 e. The summed E-state index contributed by atoms with van der Waals surface area (Å²) in [6.07, 6.45) is 7.89. The van der Waals surface area contributed by atoms with Crippen molar-refractivity contribution in [2.75, 3.05) is 7.05 Å². The summed E-state index contributed by atoms with van der Waals surface area (Å²) >= 11 is 0. The fraction of sp³-hybridized carbons (Fsp3) is 0.222. The van der Waals surface area contributed by atoms with Crippen LogP contribution in [-0.4, -0.2) is 18.4 Å². The van der Waals surface area contributed by atoms with E-state index < -0.39 is 0 Å². The summed E-state index contributed by atoms with van der Waals surface area (Å²) in [7, 11) is 1.70. The zero-order valence-electron chi connectivity index (χ0n) is 6.95. The molecule has 11 heavy (non-hydrogen) atoms. The molecule has 0 N–H and O–H groups in total. The van der Waals surface area contributed by atoms with Crippen molar-refractivity contribution in [2.24, 2.45) is 0 Å². The van der Waals surface area contributed by atoms with E-state index in [9.17, 15) is 4.79 Å². The number of amides is 1. The molecule has 0 heterocycles. The van der Waals surface area contributed by atoms with Gasteiger partial charge in [0.2, 0.25) is 6.41 Å². The fourth-order valence-electron chi connectivity index (χ4n) is 0.643. The summed E-state index contributed by atoms with van der Waals surface area (Å²) in [6.45, 7) is 5.44. The second-order valence-corrected chi connectivity index (χ2v) is 2.04. The highest BCUT2D eigenvalue weighted by Crippen LogP contribution is 2.00. The lowest BCUT2D eigenvalue weighted by molar-refractivity contribution is -0.115. The van der Waals surface area contributed by atoms with Crippen LogP contribution in [0.25, 0.3) is 0 Å². The molecular weight excluding hydrogens is 138 g/mol. The number of allylic oxidation sites excluding steroid dienone is 4. The highest BCUT2D eigenvalue weighted by molar-refractivity contribution is 5.52. The van der Waals surface area contributed by atoms with Crippen LogP contribution in [0.5, 0.6) is 0 Å². The molecule has 2 nitrogen and oxygen atoms in total. The van der Waals surface area contributed by atoms with E-state index in [1.54, 1.807) is 19.2 Å². The van der Waals surface area contributed by atoms with E-state index in [4.69, 9.17) is 0 Å². The minimum absolute atomic E-state index is 0.759. The first-order valence-corrected chi connectivity index (χ1v) is 3.39. The molecule has 0 aromatic heterocycles. The van der Waals surface area contributed by atoms with Gasteiger partial charge in [0.1, 0.15) is 0 Å². The third kappa shape index (κ3) is 3.40. The van der Waals surface area contributed by atoms with Crippen molar-refractivity contribution in [2.45, 2.75) is 6.92 Å². The van der Waals surface area contributed by atoms with E-state index in [1.807, 2.05) is 19.1 Å². The highest BCUT2D eigenvalue weighted by atomic mass is 16.1. The van der Waals surface area contributed by atoms with Gasteiger partial charge in [-0.25, -0.2) is 0 Å². The van der Waals surface area contributed by atoms with Crippen molar-refractivity contribution in [3.05, 3.63) is 36.6 Å². The smallest absolute Gasteiger partial charge is 0.213 e. The van der Waals surface area contributed by atoms with Crippen LogP contribution in [0.1, 0.15) is 6.92 Å². The Morgan fingerprint density at radius 2 is 2.18 bits per heavy atom. The molecule has 0 saturated heterocycles. The van der Waals surface area contributed by atoms with Crippen LogP contribution in [0.4, 0.5) is 0 Å². The van der Waals surface area contributed by atoms with Gasteiger partial charge in [-0.1, -0.05) is 18.7 Å². The molecule has 0 bridgehead atoms. The SMILES string of the molecule is C=C/C=C(\C=C/C)N(C)C=O. The van der Waals surface area contributed by atoms with Crippen LogP contribution in [0, 0.1) is 0 Å². The zero-order chi connectivity index (χ0) is 8.69. The molecule has 0 saturated carbocycles. The maximum absolute atomic E-state index is 10.3. The number of rotatable bonds is 4. The predicted octanol–water partition coefficient (Wildman–Crippen LogP) is 1.72. The van der Waals surface area contributed by atoms with E-state index in [-0.39, 0.29) is 0 Å². The number of nitrogens with zero attached hydrogens (tertiary/aromatic N) is 1. The summed E-state index contributed by atoms with van der Waals surface area (Å²) in [4.78, 5) is 11.8. The number of hydrogen-bond donors (Lipinski definition) is 0. The Morgan fingerprint density at radius 1 is 1.55 bits per heavy atom. The molecule has 60 valence electrons. The molecule has 0 aliphatic carbocycles. The average Bonchev–Trinajstić information content (AvgIpc) is 2.03. The molecule has 1 amide bonds. The molecule has 0 aliphatic heterocycles. The van der Waals surface area contributed by atoms with Crippen molar-refractivity contribution in [1.82, 2.24) is 4.90 Å². The van der Waals surface area contributed by atoms with Crippen LogP contribution in [0.3, 0.4) is 0 Å². The summed E-state index contributed by atoms with van der Waals surface area (Å²) in [5.74, 6) is 0. The van der Waals surface area contributed by atoms with Gasteiger partial charge in [-0.05, 0) is 19.1 Å². The fourth-order valence-corrected chi connectivity index (χ4v) is 0.643. The minimum atomic E-state index is 0.759. The lowest BCUT2D eigenvalue weighted by atomic mass is 10.3. The molecule has 0 spiro atoms. The molecule has 0 aromatic rings. The third-order valence-electron chi connectivity index (χ3n) is 1.19. The molecule has 0 rings (SSSR count). The third-order valence-corrected chi connectivity index (χ3v) is 1.19. The van der Waals surface area contributed by atoms with E-state index in [0.29, 0.717) is 0 Å². The van der Waals surface area contributed by atoms with Gasteiger partial charge in [0.05, 0.1) is 0 Å². The first kappa shape index (κ1) is 9.69. The van der Waals surface area contributed by atoms with Gasteiger partial charge in [0.25, 0.3) is 0 Å². The Balaban J connectivity index is 4.45. The Morgan fingerprint density at radius 3 is 2.55 bits per heavy atom. The molecular formula is C9H13NO. The first-order chi connectivity index (χ1) is 5.26. The minimum Gasteiger partial charge on any atom is -0.318 e. The number of likely N-dealkylation sites (N-methyl/N-ethyl adjacent to an activating group) is 1. The monoisotopic (exact) mass is 151 g/mol. The van der Waals surface area contributed by atoms with Gasteiger partial charge >= 0.3 is 0 Å². The van der Waals surface area contributed by atoms with Crippen LogP contribution in [-0.2, 0) is 4.79 Å². The number of carbonyl (C=O) groups excluding carboxylic acids is 1. The van der Waals surface area contributed by atoms with Gasteiger partial charge in [0, 0.05) is 12.7 Å². The van der Waals surface area contributed by atoms with Gasteiger partial charge in [-0.2, -0.15) is 0 Å². The van der Waals surface area contributed by atoms with Gasteiger partial charge in [0.15, 0.2) is 0 Å². The topological polar surface area (TPSA) is 20.3 Å².